The number of aromatic nitrogens is 3. The molecular formula is C9H9BrN4. The topological polar surface area (TPSA) is 56.2 Å². The van der Waals surface area contributed by atoms with Crippen molar-refractivity contribution in [1.29, 1.82) is 0 Å². The van der Waals surface area contributed by atoms with Crippen LogP contribution in [0.4, 0.5) is 0 Å². The summed E-state index contributed by atoms with van der Waals surface area (Å²) in [6, 6.07) is 0. The maximum atomic E-state index is 6.12. The molecule has 1 aliphatic rings. The zero-order chi connectivity index (χ0) is 9.76. The molecule has 4 nitrogen and oxygen atoms in total. The van der Waals surface area contributed by atoms with Gasteiger partial charge in [-0.25, -0.2) is 9.97 Å². The fourth-order valence-corrected chi connectivity index (χ4v) is 2.05. The first kappa shape index (κ1) is 8.38. The van der Waals surface area contributed by atoms with Crippen LogP contribution >= 0.6 is 15.9 Å². The summed E-state index contributed by atoms with van der Waals surface area (Å²) in [5.41, 5.74) is 7.90. The van der Waals surface area contributed by atoms with Crippen molar-refractivity contribution in [1.82, 2.24) is 14.4 Å². The van der Waals surface area contributed by atoms with Gasteiger partial charge in [0.05, 0.1) is 21.9 Å². The van der Waals surface area contributed by atoms with Gasteiger partial charge in [-0.15, -0.1) is 0 Å². The predicted molar refractivity (Wildman–Crippen MR) is 55.8 cm³/mol. The minimum absolute atomic E-state index is 0.165. The molecule has 1 saturated carbocycles. The predicted octanol–water partition coefficient (Wildman–Crippen LogP) is 1.44. The first-order valence-electron chi connectivity index (χ1n) is 4.47. The van der Waals surface area contributed by atoms with Crippen molar-refractivity contribution in [2.45, 2.75) is 18.4 Å². The third kappa shape index (κ3) is 1.02. The van der Waals surface area contributed by atoms with Crippen molar-refractivity contribution < 1.29 is 0 Å². The summed E-state index contributed by atoms with van der Waals surface area (Å²) in [4.78, 5) is 8.43. The van der Waals surface area contributed by atoms with E-state index in [-0.39, 0.29) is 5.54 Å². The summed E-state index contributed by atoms with van der Waals surface area (Å²) in [6.07, 6.45) is 7.41. The van der Waals surface area contributed by atoms with Crippen LogP contribution in [0.2, 0.25) is 0 Å². The highest BCUT2D eigenvalue weighted by Crippen LogP contribution is 2.42. The van der Waals surface area contributed by atoms with E-state index in [0.717, 1.165) is 28.7 Å². The SMILES string of the molecule is NC1(c2cnc3c(Br)cncn23)CC1. The molecule has 1 fully saturated rings. The van der Waals surface area contributed by atoms with Crippen LogP contribution in [0.1, 0.15) is 18.5 Å². The van der Waals surface area contributed by atoms with Crippen molar-refractivity contribution in [2.75, 3.05) is 0 Å². The molecular weight excluding hydrogens is 244 g/mol. The van der Waals surface area contributed by atoms with Gasteiger partial charge in [0.2, 0.25) is 0 Å². The zero-order valence-corrected chi connectivity index (χ0v) is 9.03. The first-order valence-corrected chi connectivity index (χ1v) is 5.26. The van der Waals surface area contributed by atoms with Crippen molar-refractivity contribution in [3.05, 3.63) is 28.9 Å². The van der Waals surface area contributed by atoms with Gasteiger partial charge in [-0.3, -0.25) is 4.40 Å². The number of hydrogen-bond acceptors (Lipinski definition) is 3. The van der Waals surface area contributed by atoms with Crippen LogP contribution in [0.3, 0.4) is 0 Å². The monoisotopic (exact) mass is 252 g/mol. The van der Waals surface area contributed by atoms with E-state index in [4.69, 9.17) is 5.73 Å². The number of hydrogen-bond donors (Lipinski definition) is 1. The Kier molecular flexibility index (Phi) is 1.52. The Morgan fingerprint density at radius 2 is 2.21 bits per heavy atom. The lowest BCUT2D eigenvalue weighted by Gasteiger charge is -2.07. The van der Waals surface area contributed by atoms with E-state index in [0.29, 0.717) is 0 Å². The summed E-state index contributed by atoms with van der Waals surface area (Å²) < 4.78 is 2.85. The minimum Gasteiger partial charge on any atom is -0.320 e. The summed E-state index contributed by atoms with van der Waals surface area (Å²) in [6.45, 7) is 0. The molecule has 72 valence electrons. The molecule has 0 bridgehead atoms. The highest BCUT2D eigenvalue weighted by molar-refractivity contribution is 9.10. The van der Waals surface area contributed by atoms with E-state index in [1.165, 1.54) is 0 Å². The Hall–Kier alpha value is -0.940. The van der Waals surface area contributed by atoms with E-state index in [2.05, 4.69) is 25.9 Å². The quantitative estimate of drug-likeness (QED) is 0.836. The number of rotatable bonds is 1. The molecule has 0 aromatic carbocycles. The summed E-state index contributed by atoms with van der Waals surface area (Å²) >= 11 is 3.41. The molecule has 1 aliphatic carbocycles. The molecule has 2 heterocycles. The smallest absolute Gasteiger partial charge is 0.154 e. The Bertz CT molecular complexity index is 500. The molecule has 0 saturated heterocycles. The van der Waals surface area contributed by atoms with Gasteiger partial charge in [-0.1, -0.05) is 0 Å². The largest absolute Gasteiger partial charge is 0.320 e. The maximum Gasteiger partial charge on any atom is 0.154 e. The van der Waals surface area contributed by atoms with Crippen LogP contribution in [0, 0.1) is 0 Å². The Morgan fingerprint density at radius 1 is 1.43 bits per heavy atom. The number of fused-ring (bicyclic) bond motifs is 1. The third-order valence-electron chi connectivity index (χ3n) is 2.68. The number of nitrogens with two attached hydrogens (primary N) is 1. The van der Waals surface area contributed by atoms with Gasteiger partial charge in [-0.05, 0) is 28.8 Å². The van der Waals surface area contributed by atoms with Crippen LogP contribution in [0.15, 0.2) is 23.2 Å². The Balaban J connectivity index is 2.32. The summed E-state index contributed by atoms with van der Waals surface area (Å²) in [7, 11) is 0. The lowest BCUT2D eigenvalue weighted by atomic mass is 10.2. The molecule has 0 spiro atoms. The highest BCUT2D eigenvalue weighted by atomic mass is 79.9. The first-order chi connectivity index (χ1) is 6.71. The second kappa shape index (κ2) is 2.55. The number of imidazole rings is 1. The molecule has 0 atom stereocenters. The van der Waals surface area contributed by atoms with Crippen molar-refractivity contribution in [2.24, 2.45) is 5.73 Å². The lowest BCUT2D eigenvalue weighted by Crippen LogP contribution is -2.20. The van der Waals surface area contributed by atoms with Crippen molar-refractivity contribution in [3.63, 3.8) is 0 Å². The average molecular weight is 253 g/mol. The van der Waals surface area contributed by atoms with E-state index < -0.39 is 0 Å². The Morgan fingerprint density at radius 3 is 2.93 bits per heavy atom. The van der Waals surface area contributed by atoms with E-state index >= 15 is 0 Å². The molecule has 2 aromatic heterocycles. The van der Waals surface area contributed by atoms with Gasteiger partial charge in [0.1, 0.15) is 6.33 Å². The van der Waals surface area contributed by atoms with E-state index in [1.807, 2.05) is 10.6 Å². The summed E-state index contributed by atoms with van der Waals surface area (Å²) in [5.74, 6) is 0. The van der Waals surface area contributed by atoms with Crippen molar-refractivity contribution in [3.8, 4) is 0 Å². The maximum absolute atomic E-state index is 6.12. The molecule has 5 heteroatoms. The average Bonchev–Trinajstić information content (AvgIpc) is 2.77. The minimum atomic E-state index is -0.165. The standard InChI is InChI=1S/C9H9BrN4/c10-6-3-12-5-14-7(4-13-8(6)14)9(11)1-2-9/h3-5H,1-2,11H2. The van der Waals surface area contributed by atoms with Crippen LogP contribution < -0.4 is 5.73 Å². The second-order valence-corrected chi connectivity index (χ2v) is 4.59. The van der Waals surface area contributed by atoms with E-state index in [1.54, 1.807) is 12.5 Å². The van der Waals surface area contributed by atoms with Crippen LogP contribution in [-0.2, 0) is 5.54 Å². The van der Waals surface area contributed by atoms with Gasteiger partial charge < -0.3 is 5.73 Å². The number of halogens is 1. The highest BCUT2D eigenvalue weighted by Gasteiger charge is 2.42. The van der Waals surface area contributed by atoms with Crippen LogP contribution in [-0.4, -0.2) is 14.4 Å². The zero-order valence-electron chi connectivity index (χ0n) is 7.44. The van der Waals surface area contributed by atoms with Gasteiger partial charge in [-0.2, -0.15) is 0 Å². The van der Waals surface area contributed by atoms with Crippen LogP contribution in [0.25, 0.3) is 5.65 Å². The molecule has 3 rings (SSSR count). The number of nitrogens with zero attached hydrogens (tertiary/aromatic N) is 3. The van der Waals surface area contributed by atoms with Gasteiger partial charge in [0.25, 0.3) is 0 Å². The van der Waals surface area contributed by atoms with Gasteiger partial charge in [0, 0.05) is 6.20 Å². The molecule has 0 aliphatic heterocycles. The normalized spacial score (nSPS) is 18.7. The fraction of sp³-hybridized carbons (Fsp3) is 0.333. The van der Waals surface area contributed by atoms with E-state index in [9.17, 15) is 0 Å². The fourth-order valence-electron chi connectivity index (χ4n) is 1.64. The third-order valence-corrected chi connectivity index (χ3v) is 3.24. The lowest BCUT2D eigenvalue weighted by molar-refractivity contribution is 0.695. The molecule has 2 aromatic rings. The van der Waals surface area contributed by atoms with Crippen molar-refractivity contribution >= 4 is 21.6 Å². The van der Waals surface area contributed by atoms with Gasteiger partial charge >= 0.3 is 0 Å². The molecule has 0 amide bonds. The Labute approximate surface area is 89.3 Å². The molecule has 0 radical (unpaired) electrons. The second-order valence-electron chi connectivity index (χ2n) is 3.73. The molecule has 14 heavy (non-hydrogen) atoms. The van der Waals surface area contributed by atoms with Crippen LogP contribution in [0.5, 0.6) is 0 Å². The molecule has 2 N–H and O–H groups in total. The molecule has 0 unspecified atom stereocenters. The van der Waals surface area contributed by atoms with Gasteiger partial charge in [0.15, 0.2) is 5.65 Å². The summed E-state index contributed by atoms with van der Waals surface area (Å²) in [5, 5.41) is 0.